The molecule has 168 valence electrons. The van der Waals surface area contributed by atoms with Crippen LogP contribution >= 0.6 is 0 Å². The van der Waals surface area contributed by atoms with Gasteiger partial charge in [0, 0.05) is 46.0 Å². The molecule has 2 heterocycles. The molecule has 8 nitrogen and oxygen atoms in total. The van der Waals surface area contributed by atoms with E-state index >= 15 is 0 Å². The molecule has 0 saturated carbocycles. The first-order chi connectivity index (χ1) is 16.4. The van der Waals surface area contributed by atoms with Gasteiger partial charge in [-0.25, -0.2) is 0 Å². The number of carbonyl (C=O) groups excluding carboxylic acids is 2. The number of fused-ring (bicyclic) bond motifs is 1. The summed E-state index contributed by atoms with van der Waals surface area (Å²) in [5, 5.41) is 23.0. The Hall–Kier alpha value is -4.72. The summed E-state index contributed by atoms with van der Waals surface area (Å²) in [6.45, 7) is 1.92. The first-order valence-electron chi connectivity index (χ1n) is 10.6. The zero-order chi connectivity index (χ0) is 24.0. The number of ketones is 1. The molecule has 8 heteroatoms. The van der Waals surface area contributed by atoms with Gasteiger partial charge < -0.3 is 10.1 Å². The van der Waals surface area contributed by atoms with Crippen molar-refractivity contribution in [1.29, 1.82) is 0 Å². The largest absolute Gasteiger partial charge is 0.507 e. The minimum Gasteiger partial charge on any atom is -0.507 e. The van der Waals surface area contributed by atoms with E-state index in [2.05, 4.69) is 4.98 Å². The van der Waals surface area contributed by atoms with Crippen molar-refractivity contribution in [2.24, 2.45) is 0 Å². The van der Waals surface area contributed by atoms with Crippen LogP contribution in [0, 0.1) is 17.0 Å². The second kappa shape index (κ2) is 8.00. The van der Waals surface area contributed by atoms with Crippen molar-refractivity contribution in [2.45, 2.75) is 13.0 Å². The third-order valence-corrected chi connectivity index (χ3v) is 6.02. The Morgan fingerprint density at radius 3 is 2.35 bits per heavy atom. The summed E-state index contributed by atoms with van der Waals surface area (Å²) in [6.07, 6.45) is 1.73. The number of nitro groups is 1. The van der Waals surface area contributed by atoms with E-state index in [1.165, 1.54) is 29.2 Å². The van der Waals surface area contributed by atoms with Gasteiger partial charge in [0.1, 0.15) is 5.76 Å². The van der Waals surface area contributed by atoms with Crippen molar-refractivity contribution >= 4 is 39.7 Å². The number of nitrogens with zero attached hydrogens (tertiary/aromatic N) is 2. The molecule has 1 aliphatic heterocycles. The molecule has 1 aliphatic rings. The lowest BCUT2D eigenvalue weighted by Gasteiger charge is -2.25. The molecule has 2 N–H and O–H groups in total. The SMILES string of the molecule is Cc1ccc(N2C(=O)C(=O)/C(=C(/O)c3ccc([N+](=O)[O-])cc3)C2c2c[nH]c3ccccc23)cc1. The second-order valence-corrected chi connectivity index (χ2v) is 8.10. The van der Waals surface area contributed by atoms with Gasteiger partial charge in [0.2, 0.25) is 0 Å². The predicted octanol–water partition coefficient (Wildman–Crippen LogP) is 5.01. The van der Waals surface area contributed by atoms with E-state index in [9.17, 15) is 24.8 Å². The molecule has 0 aliphatic carbocycles. The van der Waals surface area contributed by atoms with Gasteiger partial charge in [-0.05, 0) is 37.3 Å². The van der Waals surface area contributed by atoms with Crippen molar-refractivity contribution < 1.29 is 19.6 Å². The van der Waals surface area contributed by atoms with E-state index in [1.54, 1.807) is 18.3 Å². The average molecular weight is 453 g/mol. The monoisotopic (exact) mass is 453 g/mol. The Kier molecular flexibility index (Phi) is 4.98. The molecular formula is C26H19N3O5. The molecule has 1 fully saturated rings. The summed E-state index contributed by atoms with van der Waals surface area (Å²) in [5.74, 6) is -1.98. The minimum atomic E-state index is -0.894. The highest BCUT2D eigenvalue weighted by atomic mass is 16.6. The maximum atomic E-state index is 13.3. The van der Waals surface area contributed by atoms with Crippen LogP contribution in [0.25, 0.3) is 16.7 Å². The van der Waals surface area contributed by atoms with Crippen LogP contribution in [0.5, 0.6) is 0 Å². The number of anilines is 1. The fraction of sp³-hybridized carbons (Fsp3) is 0.0769. The number of H-pyrrole nitrogens is 1. The van der Waals surface area contributed by atoms with Crippen molar-refractivity contribution in [2.75, 3.05) is 4.90 Å². The number of carbonyl (C=O) groups is 2. The van der Waals surface area contributed by atoms with Crippen molar-refractivity contribution in [3.05, 3.63) is 111 Å². The fourth-order valence-electron chi connectivity index (χ4n) is 4.32. The van der Waals surface area contributed by atoms with E-state index in [4.69, 9.17) is 0 Å². The van der Waals surface area contributed by atoms with Crippen molar-refractivity contribution in [1.82, 2.24) is 4.98 Å². The second-order valence-electron chi connectivity index (χ2n) is 8.10. The van der Waals surface area contributed by atoms with Crippen LogP contribution in [-0.2, 0) is 9.59 Å². The van der Waals surface area contributed by atoms with Gasteiger partial charge in [-0.15, -0.1) is 0 Å². The van der Waals surface area contributed by atoms with Gasteiger partial charge in [0.25, 0.3) is 17.4 Å². The molecule has 1 amide bonds. The summed E-state index contributed by atoms with van der Waals surface area (Å²) in [6, 6.07) is 19.0. The van der Waals surface area contributed by atoms with Crippen LogP contribution in [0.15, 0.2) is 84.6 Å². The van der Waals surface area contributed by atoms with E-state index in [0.717, 1.165) is 16.5 Å². The zero-order valence-electron chi connectivity index (χ0n) is 18.1. The fourth-order valence-corrected chi connectivity index (χ4v) is 4.32. The molecule has 0 bridgehead atoms. The third-order valence-electron chi connectivity index (χ3n) is 6.02. The highest BCUT2D eigenvalue weighted by molar-refractivity contribution is 6.51. The molecule has 0 spiro atoms. The lowest BCUT2D eigenvalue weighted by molar-refractivity contribution is -0.384. The number of non-ortho nitro benzene ring substituents is 1. The predicted molar refractivity (Wildman–Crippen MR) is 127 cm³/mol. The number of amides is 1. The summed E-state index contributed by atoms with van der Waals surface area (Å²) in [5.41, 5.74) is 2.97. The van der Waals surface area contributed by atoms with E-state index in [-0.39, 0.29) is 16.8 Å². The maximum Gasteiger partial charge on any atom is 0.300 e. The number of Topliss-reactive ketones (excluding diaryl/α,β-unsaturated/α-hetero) is 1. The van der Waals surface area contributed by atoms with Crippen LogP contribution in [-0.4, -0.2) is 26.7 Å². The van der Waals surface area contributed by atoms with Gasteiger partial charge in [0.15, 0.2) is 0 Å². The van der Waals surface area contributed by atoms with E-state index < -0.39 is 28.4 Å². The number of hydrogen-bond donors (Lipinski definition) is 2. The molecule has 0 radical (unpaired) electrons. The molecule has 4 aromatic rings. The molecule has 1 atom stereocenters. The number of aliphatic hydroxyl groups is 1. The Morgan fingerprint density at radius 2 is 1.68 bits per heavy atom. The number of benzene rings is 3. The molecule has 1 unspecified atom stereocenters. The van der Waals surface area contributed by atoms with Gasteiger partial charge in [-0.2, -0.15) is 0 Å². The minimum absolute atomic E-state index is 0.0795. The van der Waals surface area contributed by atoms with E-state index in [0.29, 0.717) is 11.3 Å². The Labute approximate surface area is 193 Å². The van der Waals surface area contributed by atoms with Gasteiger partial charge in [0.05, 0.1) is 16.5 Å². The molecule has 3 aromatic carbocycles. The standard InChI is InChI=1S/C26H19N3O5/c1-15-6-10-17(11-7-15)28-23(20-14-27-21-5-3-2-4-19(20)21)22(25(31)26(28)32)24(30)16-8-12-18(13-9-16)29(33)34/h2-14,23,27,30H,1H3/b24-22+. The number of rotatable bonds is 4. The first-order valence-corrected chi connectivity index (χ1v) is 10.6. The Bertz CT molecular complexity index is 1480. The van der Waals surface area contributed by atoms with Crippen LogP contribution in [0.4, 0.5) is 11.4 Å². The lowest BCUT2D eigenvalue weighted by Crippen LogP contribution is -2.29. The highest BCUT2D eigenvalue weighted by Crippen LogP contribution is 2.44. The molecular weight excluding hydrogens is 434 g/mol. The smallest absolute Gasteiger partial charge is 0.300 e. The molecule has 34 heavy (non-hydrogen) atoms. The van der Waals surface area contributed by atoms with Crippen LogP contribution in [0.2, 0.25) is 0 Å². The summed E-state index contributed by atoms with van der Waals surface area (Å²) >= 11 is 0. The number of nitrogens with one attached hydrogen (secondary N) is 1. The van der Waals surface area contributed by atoms with Gasteiger partial charge >= 0.3 is 0 Å². The summed E-state index contributed by atoms with van der Waals surface area (Å²) in [7, 11) is 0. The lowest BCUT2D eigenvalue weighted by atomic mass is 9.94. The van der Waals surface area contributed by atoms with Crippen molar-refractivity contribution in [3.8, 4) is 0 Å². The number of nitro benzene ring substituents is 1. The van der Waals surface area contributed by atoms with Crippen LogP contribution in [0.1, 0.15) is 22.7 Å². The summed E-state index contributed by atoms with van der Waals surface area (Å²) < 4.78 is 0. The average Bonchev–Trinajstić information content (AvgIpc) is 3.38. The Balaban J connectivity index is 1.74. The van der Waals surface area contributed by atoms with Gasteiger partial charge in [-0.3, -0.25) is 24.6 Å². The quantitative estimate of drug-likeness (QED) is 0.148. The normalized spacial score (nSPS) is 17.4. The Morgan fingerprint density at radius 1 is 1.00 bits per heavy atom. The van der Waals surface area contributed by atoms with Crippen LogP contribution < -0.4 is 4.90 Å². The molecule has 5 rings (SSSR count). The first kappa shape index (κ1) is 21.1. The number of hydrogen-bond acceptors (Lipinski definition) is 5. The number of para-hydroxylation sites is 1. The van der Waals surface area contributed by atoms with Gasteiger partial charge in [-0.1, -0.05) is 35.9 Å². The highest BCUT2D eigenvalue weighted by Gasteiger charge is 2.47. The topological polar surface area (TPSA) is 117 Å². The van der Waals surface area contributed by atoms with Crippen LogP contribution in [0.3, 0.4) is 0 Å². The number of aliphatic hydroxyl groups excluding tert-OH is 1. The van der Waals surface area contributed by atoms with Crippen molar-refractivity contribution in [3.63, 3.8) is 0 Å². The maximum absolute atomic E-state index is 13.3. The number of aromatic nitrogens is 1. The third kappa shape index (κ3) is 3.32. The molecule has 1 aromatic heterocycles. The summed E-state index contributed by atoms with van der Waals surface area (Å²) in [4.78, 5) is 41.5. The van der Waals surface area contributed by atoms with E-state index in [1.807, 2.05) is 43.3 Å². The number of aromatic amines is 1. The number of aryl methyl sites for hydroxylation is 1. The molecule has 1 saturated heterocycles. The zero-order valence-corrected chi connectivity index (χ0v) is 18.1.